The van der Waals surface area contributed by atoms with Gasteiger partial charge in [-0.25, -0.2) is 0 Å². The number of nitrogens with one attached hydrogen (secondary N) is 2. The summed E-state index contributed by atoms with van der Waals surface area (Å²) in [6.07, 6.45) is 0. The van der Waals surface area contributed by atoms with Crippen molar-refractivity contribution in [3.63, 3.8) is 0 Å². The van der Waals surface area contributed by atoms with Gasteiger partial charge in [-0.05, 0) is 49.1 Å². The topological polar surface area (TPSA) is 58.2 Å². The van der Waals surface area contributed by atoms with Crippen molar-refractivity contribution in [3.8, 4) is 0 Å². The summed E-state index contributed by atoms with van der Waals surface area (Å²) in [7, 11) is 0. The molecule has 0 aromatic heterocycles. The summed E-state index contributed by atoms with van der Waals surface area (Å²) in [4.78, 5) is 25.2. The zero-order valence-electron chi connectivity index (χ0n) is 14.9. The zero-order chi connectivity index (χ0) is 18.6. The number of amides is 2. The molecule has 2 aromatic rings. The fourth-order valence-corrected chi connectivity index (χ4v) is 2.65. The smallest absolute Gasteiger partial charge is 0.252 e. The number of hydrogen-bond acceptors (Lipinski definition) is 2. The molecule has 0 saturated heterocycles. The van der Waals surface area contributed by atoms with Crippen molar-refractivity contribution in [1.29, 1.82) is 0 Å². The lowest BCUT2D eigenvalue weighted by Crippen LogP contribution is -2.47. The van der Waals surface area contributed by atoms with Crippen LogP contribution in [0.4, 0.5) is 5.69 Å². The Kier molecular flexibility index (Phi) is 6.21. The maximum Gasteiger partial charge on any atom is 0.252 e. The highest BCUT2D eigenvalue weighted by molar-refractivity contribution is 6.31. The Morgan fingerprint density at radius 1 is 1.00 bits per heavy atom. The number of halogens is 1. The molecule has 1 atom stereocenters. The van der Waals surface area contributed by atoms with Gasteiger partial charge in [0.15, 0.2) is 0 Å². The molecule has 132 valence electrons. The second-order valence-corrected chi connectivity index (χ2v) is 6.87. The molecule has 2 rings (SSSR count). The van der Waals surface area contributed by atoms with Crippen molar-refractivity contribution in [2.45, 2.75) is 33.7 Å². The molecule has 0 aliphatic rings. The van der Waals surface area contributed by atoms with E-state index in [9.17, 15) is 9.59 Å². The van der Waals surface area contributed by atoms with E-state index in [1.54, 1.807) is 24.3 Å². The lowest BCUT2D eigenvalue weighted by atomic mass is 10.0. The SMILES string of the molecule is Cc1ccc(NC(=O)[C@@H](NC(=O)c2ccccc2C)C(C)C)cc1Cl. The monoisotopic (exact) mass is 358 g/mol. The van der Waals surface area contributed by atoms with Crippen LogP contribution in [-0.4, -0.2) is 17.9 Å². The van der Waals surface area contributed by atoms with Crippen molar-refractivity contribution >= 4 is 29.1 Å². The fourth-order valence-electron chi connectivity index (χ4n) is 2.47. The molecule has 5 heteroatoms. The van der Waals surface area contributed by atoms with Crippen molar-refractivity contribution in [1.82, 2.24) is 5.32 Å². The molecule has 0 aliphatic carbocycles. The minimum atomic E-state index is -0.646. The third kappa shape index (κ3) is 4.83. The van der Waals surface area contributed by atoms with Crippen LogP contribution in [0.15, 0.2) is 42.5 Å². The summed E-state index contributed by atoms with van der Waals surface area (Å²) in [5.74, 6) is -0.584. The molecule has 0 aliphatic heterocycles. The van der Waals surface area contributed by atoms with Gasteiger partial charge >= 0.3 is 0 Å². The highest BCUT2D eigenvalue weighted by Crippen LogP contribution is 2.20. The molecule has 0 saturated carbocycles. The summed E-state index contributed by atoms with van der Waals surface area (Å²) in [6, 6.07) is 12.0. The van der Waals surface area contributed by atoms with Crippen LogP contribution in [0.1, 0.15) is 35.3 Å². The van der Waals surface area contributed by atoms with Crippen LogP contribution in [0.25, 0.3) is 0 Å². The Balaban J connectivity index is 2.14. The number of benzene rings is 2. The van der Waals surface area contributed by atoms with E-state index < -0.39 is 6.04 Å². The number of anilines is 1. The van der Waals surface area contributed by atoms with Gasteiger partial charge in [-0.3, -0.25) is 9.59 Å². The minimum absolute atomic E-state index is 0.0612. The summed E-state index contributed by atoms with van der Waals surface area (Å²) >= 11 is 6.10. The summed E-state index contributed by atoms with van der Waals surface area (Å²) in [5, 5.41) is 6.25. The summed E-state index contributed by atoms with van der Waals surface area (Å²) < 4.78 is 0. The first-order chi connectivity index (χ1) is 11.8. The van der Waals surface area contributed by atoms with Gasteiger partial charge in [0, 0.05) is 16.3 Å². The average molecular weight is 359 g/mol. The molecule has 0 heterocycles. The van der Waals surface area contributed by atoms with Gasteiger partial charge in [0.05, 0.1) is 0 Å². The van der Waals surface area contributed by atoms with Gasteiger partial charge in [0.1, 0.15) is 6.04 Å². The molecule has 0 fully saturated rings. The lowest BCUT2D eigenvalue weighted by molar-refractivity contribution is -0.118. The Morgan fingerprint density at radius 3 is 2.28 bits per heavy atom. The molecule has 0 spiro atoms. The second kappa shape index (κ2) is 8.17. The first-order valence-electron chi connectivity index (χ1n) is 8.23. The van der Waals surface area contributed by atoms with E-state index in [2.05, 4.69) is 10.6 Å². The number of aryl methyl sites for hydroxylation is 2. The van der Waals surface area contributed by atoms with Crippen molar-refractivity contribution in [2.24, 2.45) is 5.92 Å². The van der Waals surface area contributed by atoms with Gasteiger partial charge in [0.2, 0.25) is 5.91 Å². The Hall–Kier alpha value is -2.33. The Morgan fingerprint density at radius 2 is 1.68 bits per heavy atom. The molecule has 2 aromatic carbocycles. The Labute approximate surface area is 153 Å². The zero-order valence-corrected chi connectivity index (χ0v) is 15.6. The normalized spacial score (nSPS) is 11.9. The Bertz CT molecular complexity index is 787. The molecule has 2 N–H and O–H groups in total. The molecule has 4 nitrogen and oxygen atoms in total. The fraction of sp³-hybridized carbons (Fsp3) is 0.300. The van der Waals surface area contributed by atoms with Crippen LogP contribution in [0.3, 0.4) is 0 Å². The molecule has 2 amide bonds. The van der Waals surface area contributed by atoms with E-state index in [-0.39, 0.29) is 17.7 Å². The van der Waals surface area contributed by atoms with E-state index in [4.69, 9.17) is 11.6 Å². The van der Waals surface area contributed by atoms with Crippen LogP contribution in [-0.2, 0) is 4.79 Å². The number of rotatable bonds is 5. The number of carbonyl (C=O) groups is 2. The molecular weight excluding hydrogens is 336 g/mol. The summed E-state index contributed by atoms with van der Waals surface area (Å²) in [6.45, 7) is 7.55. The van der Waals surface area contributed by atoms with Gasteiger partial charge in [-0.2, -0.15) is 0 Å². The predicted molar refractivity (Wildman–Crippen MR) is 102 cm³/mol. The minimum Gasteiger partial charge on any atom is -0.340 e. The van der Waals surface area contributed by atoms with E-state index in [0.29, 0.717) is 16.3 Å². The predicted octanol–water partition coefficient (Wildman–Crippen LogP) is 4.35. The molecule has 0 radical (unpaired) electrons. The van der Waals surface area contributed by atoms with Gasteiger partial charge in [0.25, 0.3) is 5.91 Å². The molecule has 0 unspecified atom stereocenters. The highest BCUT2D eigenvalue weighted by atomic mass is 35.5. The quantitative estimate of drug-likeness (QED) is 0.834. The molecular formula is C20H23ClN2O2. The third-order valence-corrected chi connectivity index (χ3v) is 4.47. The van der Waals surface area contributed by atoms with Crippen LogP contribution < -0.4 is 10.6 Å². The van der Waals surface area contributed by atoms with E-state index >= 15 is 0 Å². The van der Waals surface area contributed by atoms with Gasteiger partial charge in [-0.1, -0.05) is 49.7 Å². The van der Waals surface area contributed by atoms with Crippen molar-refractivity contribution in [2.75, 3.05) is 5.32 Å². The second-order valence-electron chi connectivity index (χ2n) is 6.46. The maximum absolute atomic E-state index is 12.6. The van der Waals surface area contributed by atoms with Crippen molar-refractivity contribution in [3.05, 3.63) is 64.2 Å². The number of carbonyl (C=O) groups excluding carboxylic acids is 2. The molecule has 25 heavy (non-hydrogen) atoms. The average Bonchev–Trinajstić information content (AvgIpc) is 2.55. The van der Waals surface area contributed by atoms with Crippen LogP contribution in [0.5, 0.6) is 0 Å². The third-order valence-electron chi connectivity index (χ3n) is 4.06. The van der Waals surface area contributed by atoms with Crippen LogP contribution >= 0.6 is 11.6 Å². The number of hydrogen-bond donors (Lipinski definition) is 2. The maximum atomic E-state index is 12.6. The summed E-state index contributed by atoms with van der Waals surface area (Å²) in [5.41, 5.74) is 2.98. The van der Waals surface area contributed by atoms with E-state index in [0.717, 1.165) is 11.1 Å². The van der Waals surface area contributed by atoms with Crippen molar-refractivity contribution < 1.29 is 9.59 Å². The lowest BCUT2D eigenvalue weighted by Gasteiger charge is -2.22. The van der Waals surface area contributed by atoms with Gasteiger partial charge < -0.3 is 10.6 Å². The van der Waals surface area contributed by atoms with E-state index in [1.807, 2.05) is 45.9 Å². The van der Waals surface area contributed by atoms with E-state index in [1.165, 1.54) is 0 Å². The first-order valence-corrected chi connectivity index (χ1v) is 8.61. The largest absolute Gasteiger partial charge is 0.340 e. The molecule has 0 bridgehead atoms. The first kappa shape index (κ1) is 19.0. The van der Waals surface area contributed by atoms with Crippen LogP contribution in [0, 0.1) is 19.8 Å². The van der Waals surface area contributed by atoms with Crippen LogP contribution in [0.2, 0.25) is 5.02 Å². The van der Waals surface area contributed by atoms with Gasteiger partial charge in [-0.15, -0.1) is 0 Å². The standard InChI is InChI=1S/C20H23ClN2O2/c1-12(2)18(23-19(24)16-8-6-5-7-13(16)3)20(25)22-15-10-9-14(4)17(21)11-15/h5-12,18H,1-4H3,(H,22,25)(H,23,24)/t18-/m0/s1. The highest BCUT2D eigenvalue weighted by Gasteiger charge is 2.25.